The van der Waals surface area contributed by atoms with Crippen molar-refractivity contribution in [1.82, 2.24) is 0 Å². The van der Waals surface area contributed by atoms with E-state index in [-0.39, 0.29) is 0 Å². The Morgan fingerprint density at radius 1 is 0.217 bits per heavy atom. The summed E-state index contributed by atoms with van der Waals surface area (Å²) in [5, 5.41) is 6.99. The van der Waals surface area contributed by atoms with Crippen LogP contribution in [0.4, 0.5) is 51.2 Å². The van der Waals surface area contributed by atoms with Gasteiger partial charge in [0, 0.05) is 44.9 Å². The maximum absolute atomic E-state index is 6.27. The van der Waals surface area contributed by atoms with Crippen LogP contribution in [0, 0.1) is 0 Å². The van der Waals surface area contributed by atoms with Gasteiger partial charge in [-0.25, -0.2) is 0 Å². The fourth-order valence-electron chi connectivity index (χ4n) is 8.60. The minimum Gasteiger partial charge on any atom is -0.456 e. The second-order valence-corrected chi connectivity index (χ2v) is 15.0. The van der Waals surface area contributed by atoms with Crippen LogP contribution < -0.4 is 14.7 Å². The summed E-state index contributed by atoms with van der Waals surface area (Å²) < 4.78 is 6.27. The zero-order valence-corrected chi connectivity index (χ0v) is 32.8. The number of hydrogen-bond donors (Lipinski definition) is 0. The summed E-state index contributed by atoms with van der Waals surface area (Å²) in [6, 6.07) is 84.2. The van der Waals surface area contributed by atoms with Gasteiger partial charge in [-0.05, 0) is 131 Å². The minimum absolute atomic E-state index is 0.908. The molecule has 0 N–H and O–H groups in total. The molecule has 0 atom stereocenters. The van der Waals surface area contributed by atoms with Gasteiger partial charge < -0.3 is 19.1 Å². The number of furan rings is 1. The first-order valence-electron chi connectivity index (χ1n) is 20.3. The van der Waals surface area contributed by atoms with Crippen LogP contribution in [0.1, 0.15) is 0 Å². The molecule has 11 rings (SSSR count). The largest absolute Gasteiger partial charge is 0.456 e. The average Bonchev–Trinajstić information content (AvgIpc) is 3.68. The molecule has 11 aromatic rings. The topological polar surface area (TPSA) is 22.9 Å². The Hall–Kier alpha value is -8.08. The molecule has 0 aliphatic carbocycles. The van der Waals surface area contributed by atoms with Crippen molar-refractivity contribution in [2.45, 2.75) is 0 Å². The lowest BCUT2D eigenvalue weighted by molar-refractivity contribution is 0.669. The van der Waals surface area contributed by atoms with Crippen LogP contribution in [0.3, 0.4) is 0 Å². The van der Waals surface area contributed by atoms with Gasteiger partial charge in [-0.15, -0.1) is 0 Å². The minimum atomic E-state index is 0.908. The van der Waals surface area contributed by atoms with Crippen molar-refractivity contribution >= 4 is 94.7 Å². The predicted molar refractivity (Wildman–Crippen MR) is 253 cm³/mol. The summed E-state index contributed by atoms with van der Waals surface area (Å²) in [6.07, 6.45) is 0. The highest BCUT2D eigenvalue weighted by Crippen LogP contribution is 2.46. The smallest absolute Gasteiger partial charge is 0.136 e. The first kappa shape index (κ1) is 35.1. The number of rotatable bonds is 9. The van der Waals surface area contributed by atoms with Crippen LogP contribution in [-0.2, 0) is 0 Å². The van der Waals surface area contributed by atoms with Gasteiger partial charge in [0.2, 0.25) is 0 Å². The van der Waals surface area contributed by atoms with Crippen molar-refractivity contribution < 1.29 is 4.42 Å². The third kappa shape index (κ3) is 6.37. The molecular formula is C56H39N3O. The van der Waals surface area contributed by atoms with E-state index in [1.807, 2.05) is 12.1 Å². The van der Waals surface area contributed by atoms with Crippen molar-refractivity contribution in [3.8, 4) is 0 Å². The Kier molecular flexibility index (Phi) is 8.79. The third-order valence-corrected chi connectivity index (χ3v) is 11.3. The van der Waals surface area contributed by atoms with E-state index in [4.69, 9.17) is 4.42 Å². The number of benzene rings is 10. The molecule has 4 nitrogen and oxygen atoms in total. The lowest BCUT2D eigenvalue weighted by atomic mass is 9.99. The zero-order valence-electron chi connectivity index (χ0n) is 32.8. The number of para-hydroxylation sites is 6. The first-order chi connectivity index (χ1) is 29.7. The van der Waals surface area contributed by atoms with Crippen molar-refractivity contribution in [1.29, 1.82) is 0 Å². The third-order valence-electron chi connectivity index (χ3n) is 11.3. The molecule has 1 aromatic heterocycles. The van der Waals surface area contributed by atoms with E-state index < -0.39 is 0 Å². The lowest BCUT2D eigenvalue weighted by Gasteiger charge is -2.33. The van der Waals surface area contributed by atoms with Gasteiger partial charge in [-0.3, -0.25) is 0 Å². The number of anilines is 9. The fourth-order valence-corrected chi connectivity index (χ4v) is 8.60. The summed E-state index contributed by atoms with van der Waals surface area (Å²) in [5.41, 5.74) is 11.3. The molecule has 284 valence electrons. The van der Waals surface area contributed by atoms with E-state index in [2.05, 4.69) is 239 Å². The summed E-state index contributed by atoms with van der Waals surface area (Å²) >= 11 is 0. The van der Waals surface area contributed by atoms with E-state index in [0.717, 1.165) is 83.9 Å². The highest BCUT2D eigenvalue weighted by atomic mass is 16.3. The lowest BCUT2D eigenvalue weighted by Crippen LogP contribution is -2.16. The normalized spacial score (nSPS) is 11.3. The van der Waals surface area contributed by atoms with Crippen LogP contribution >= 0.6 is 0 Å². The summed E-state index contributed by atoms with van der Waals surface area (Å²) in [6.45, 7) is 0. The molecule has 0 saturated heterocycles. The van der Waals surface area contributed by atoms with Crippen molar-refractivity contribution in [2.75, 3.05) is 14.7 Å². The molecule has 4 heteroatoms. The van der Waals surface area contributed by atoms with Crippen LogP contribution in [-0.4, -0.2) is 0 Å². The van der Waals surface area contributed by atoms with Crippen LogP contribution in [0.25, 0.3) is 43.5 Å². The Labute approximate surface area is 349 Å². The fraction of sp³-hybridized carbons (Fsp3) is 0. The Balaban J connectivity index is 1.15. The number of hydrogen-bond acceptors (Lipinski definition) is 4. The molecule has 0 unspecified atom stereocenters. The van der Waals surface area contributed by atoms with Gasteiger partial charge in [-0.2, -0.15) is 0 Å². The van der Waals surface area contributed by atoms with Crippen molar-refractivity contribution in [3.05, 3.63) is 237 Å². The molecule has 10 aromatic carbocycles. The Morgan fingerprint density at radius 3 is 1.08 bits per heavy atom. The van der Waals surface area contributed by atoms with Gasteiger partial charge in [0.1, 0.15) is 11.2 Å². The zero-order chi connectivity index (χ0) is 39.8. The molecule has 0 bridgehead atoms. The molecule has 0 saturated carbocycles. The highest BCUT2D eigenvalue weighted by Gasteiger charge is 2.22. The first-order valence-corrected chi connectivity index (χ1v) is 20.3. The van der Waals surface area contributed by atoms with Crippen LogP contribution in [0.15, 0.2) is 241 Å². The van der Waals surface area contributed by atoms with Gasteiger partial charge in [0.05, 0.1) is 17.1 Å². The molecule has 60 heavy (non-hydrogen) atoms. The molecule has 0 fully saturated rings. The Morgan fingerprint density at radius 2 is 0.617 bits per heavy atom. The molecular weight excluding hydrogens is 731 g/mol. The quantitative estimate of drug-likeness (QED) is 0.136. The second kappa shape index (κ2) is 15.0. The van der Waals surface area contributed by atoms with Gasteiger partial charge in [-0.1, -0.05) is 127 Å². The maximum Gasteiger partial charge on any atom is 0.136 e. The summed E-state index contributed by atoms with van der Waals surface area (Å²) in [7, 11) is 0. The molecule has 0 aliphatic heterocycles. The molecule has 0 radical (unpaired) electrons. The van der Waals surface area contributed by atoms with Gasteiger partial charge >= 0.3 is 0 Å². The number of nitrogens with zero attached hydrogens (tertiary/aromatic N) is 3. The molecule has 0 amide bonds. The molecule has 1 heterocycles. The summed E-state index contributed by atoms with van der Waals surface area (Å²) in [4.78, 5) is 7.07. The van der Waals surface area contributed by atoms with E-state index in [1.165, 1.54) is 10.8 Å². The SMILES string of the molecule is c1ccc(N(c2ccccc2)c2cc(N(c3ccccc3)c3ccccc3)cc(N(c3ccccc3)c3ccc4c(ccc5cc6oc7ccccc7c6cc54)c3)c2)cc1. The van der Waals surface area contributed by atoms with E-state index in [0.29, 0.717) is 0 Å². The van der Waals surface area contributed by atoms with Gasteiger partial charge in [0.25, 0.3) is 0 Å². The maximum atomic E-state index is 6.27. The van der Waals surface area contributed by atoms with Crippen molar-refractivity contribution in [3.63, 3.8) is 0 Å². The number of fused-ring (bicyclic) bond motifs is 6. The Bertz CT molecular complexity index is 3080. The standard InChI is InChI=1S/C56H39N3O/c1-6-18-42(19-7-1)57(43-20-8-2-9-21-43)48-36-49(58(44-22-10-3-11-23-44)45-24-12-4-13-25-45)38-50(37-48)59(46-26-14-5-15-27-46)47-32-33-51-40(34-47)30-31-41-35-56-54(39-53(41)51)52-28-16-17-29-55(52)60-56/h1-39H. The summed E-state index contributed by atoms with van der Waals surface area (Å²) in [5.74, 6) is 0. The van der Waals surface area contributed by atoms with Crippen LogP contribution in [0.2, 0.25) is 0 Å². The predicted octanol–water partition coefficient (Wildman–Crippen LogP) is 16.3. The van der Waals surface area contributed by atoms with Crippen molar-refractivity contribution in [2.24, 2.45) is 0 Å². The van der Waals surface area contributed by atoms with Gasteiger partial charge in [0.15, 0.2) is 0 Å². The van der Waals surface area contributed by atoms with E-state index in [1.54, 1.807) is 0 Å². The second-order valence-electron chi connectivity index (χ2n) is 15.0. The highest BCUT2D eigenvalue weighted by molar-refractivity contribution is 6.16. The van der Waals surface area contributed by atoms with Crippen LogP contribution in [0.5, 0.6) is 0 Å². The molecule has 0 aliphatic rings. The van der Waals surface area contributed by atoms with E-state index >= 15 is 0 Å². The van der Waals surface area contributed by atoms with E-state index in [9.17, 15) is 0 Å². The monoisotopic (exact) mass is 769 g/mol. The molecule has 0 spiro atoms. The average molecular weight is 770 g/mol.